The number of amides is 1. The average molecular weight is 372 g/mol. The summed E-state index contributed by atoms with van der Waals surface area (Å²) in [4.78, 5) is 17.9. The number of nitrogens with one attached hydrogen (secondary N) is 1. The van der Waals surface area contributed by atoms with Crippen molar-refractivity contribution in [3.05, 3.63) is 65.4 Å². The van der Waals surface area contributed by atoms with Crippen molar-refractivity contribution < 1.29 is 4.79 Å². The van der Waals surface area contributed by atoms with E-state index in [1.54, 1.807) is 0 Å². The van der Waals surface area contributed by atoms with Crippen molar-refractivity contribution in [1.82, 2.24) is 9.55 Å². The fraction of sp³-hybridized carbons (Fsp3) is 0.263. The highest BCUT2D eigenvalue weighted by molar-refractivity contribution is 8.00. The summed E-state index contributed by atoms with van der Waals surface area (Å²) < 4.78 is 2.14. The molecular formula is C19H21N3OS2. The van der Waals surface area contributed by atoms with Crippen molar-refractivity contribution in [2.75, 3.05) is 5.32 Å². The first-order valence-corrected chi connectivity index (χ1v) is 9.97. The third kappa shape index (κ3) is 5.76. The smallest absolute Gasteiger partial charge is 0.221 e. The maximum absolute atomic E-state index is 11.1. The van der Waals surface area contributed by atoms with E-state index in [0.29, 0.717) is 5.25 Å². The molecule has 4 nitrogen and oxygen atoms in total. The fourth-order valence-corrected chi connectivity index (χ4v) is 4.47. The van der Waals surface area contributed by atoms with E-state index in [4.69, 9.17) is 0 Å². The molecule has 130 valence electrons. The van der Waals surface area contributed by atoms with E-state index >= 15 is 0 Å². The molecular weight excluding hydrogens is 350 g/mol. The Labute approximate surface area is 156 Å². The molecule has 25 heavy (non-hydrogen) atoms. The van der Waals surface area contributed by atoms with E-state index < -0.39 is 0 Å². The second-order valence-electron chi connectivity index (χ2n) is 5.82. The molecule has 0 saturated heterocycles. The molecule has 1 unspecified atom stereocenters. The highest BCUT2D eigenvalue weighted by Crippen LogP contribution is 2.29. The van der Waals surface area contributed by atoms with Crippen molar-refractivity contribution in [3.8, 4) is 0 Å². The molecule has 0 radical (unpaired) electrons. The number of hydrogen-bond acceptors (Lipinski definition) is 4. The summed E-state index contributed by atoms with van der Waals surface area (Å²) in [6.45, 7) is 2.46. The maximum Gasteiger partial charge on any atom is 0.221 e. The lowest BCUT2D eigenvalue weighted by atomic mass is 10.2. The van der Waals surface area contributed by atoms with Crippen molar-refractivity contribution in [1.29, 1.82) is 0 Å². The first-order chi connectivity index (χ1) is 12.2. The van der Waals surface area contributed by atoms with Crippen LogP contribution in [0, 0.1) is 0 Å². The summed E-state index contributed by atoms with van der Waals surface area (Å²) in [5, 5.41) is 5.40. The number of anilines is 1. The van der Waals surface area contributed by atoms with Gasteiger partial charge in [-0.3, -0.25) is 4.79 Å². The van der Waals surface area contributed by atoms with Gasteiger partial charge in [0.2, 0.25) is 5.91 Å². The highest BCUT2D eigenvalue weighted by Gasteiger charge is 2.12. The largest absolute Gasteiger partial charge is 0.336 e. The number of imidazole rings is 1. The lowest BCUT2D eigenvalue weighted by Gasteiger charge is -2.17. The van der Waals surface area contributed by atoms with Crippen LogP contribution in [-0.4, -0.2) is 20.7 Å². The Balaban J connectivity index is 1.64. The summed E-state index contributed by atoms with van der Waals surface area (Å²) in [6.07, 6.45) is 7.91. The average Bonchev–Trinajstić information content (AvgIpc) is 3.27. The van der Waals surface area contributed by atoms with Gasteiger partial charge in [-0.1, -0.05) is 6.07 Å². The molecule has 6 heteroatoms. The molecule has 3 rings (SSSR count). The van der Waals surface area contributed by atoms with Crippen LogP contribution in [0.4, 0.5) is 5.69 Å². The van der Waals surface area contributed by atoms with Crippen LogP contribution in [0.2, 0.25) is 0 Å². The zero-order chi connectivity index (χ0) is 17.5. The standard InChI is InChI=1S/C19H21N3OS2/c1-15(23)21-16-4-6-18(7-5-16)25-19(13-22-11-10-20-14-22)9-8-17-3-2-12-24-17/h2-7,10-12,14,19H,8-9,13H2,1H3,(H,21,23). The molecule has 0 spiro atoms. The topological polar surface area (TPSA) is 46.9 Å². The third-order valence-corrected chi connectivity index (χ3v) is 5.94. The van der Waals surface area contributed by atoms with Crippen molar-refractivity contribution >= 4 is 34.7 Å². The van der Waals surface area contributed by atoms with Gasteiger partial charge in [-0.05, 0) is 48.6 Å². The van der Waals surface area contributed by atoms with Gasteiger partial charge in [-0.2, -0.15) is 0 Å². The fourth-order valence-electron chi connectivity index (χ4n) is 2.59. The molecule has 1 aromatic carbocycles. The van der Waals surface area contributed by atoms with Crippen LogP contribution in [0.15, 0.2) is 65.4 Å². The second-order valence-corrected chi connectivity index (χ2v) is 8.23. The molecule has 0 saturated carbocycles. The number of thioether (sulfide) groups is 1. The van der Waals surface area contributed by atoms with Crippen LogP contribution in [0.25, 0.3) is 0 Å². The molecule has 0 aliphatic heterocycles. The molecule has 1 amide bonds. The number of carbonyl (C=O) groups excluding carboxylic acids is 1. The highest BCUT2D eigenvalue weighted by atomic mass is 32.2. The van der Waals surface area contributed by atoms with E-state index in [2.05, 4.69) is 44.5 Å². The van der Waals surface area contributed by atoms with Crippen LogP contribution < -0.4 is 5.32 Å². The van der Waals surface area contributed by atoms with Crippen molar-refractivity contribution in [2.24, 2.45) is 0 Å². The zero-order valence-electron chi connectivity index (χ0n) is 14.1. The Hall–Kier alpha value is -2.05. The van der Waals surface area contributed by atoms with Crippen molar-refractivity contribution in [2.45, 2.75) is 36.5 Å². The molecule has 0 fully saturated rings. The molecule has 2 aromatic heterocycles. The molecule has 1 N–H and O–H groups in total. The van der Waals surface area contributed by atoms with Crippen LogP contribution in [-0.2, 0) is 17.8 Å². The summed E-state index contributed by atoms with van der Waals surface area (Å²) in [5.74, 6) is -0.0469. The van der Waals surface area contributed by atoms with E-state index in [9.17, 15) is 4.79 Å². The Morgan fingerprint density at radius 2 is 2.16 bits per heavy atom. The van der Waals surface area contributed by atoms with E-state index in [1.807, 2.05) is 54.0 Å². The Morgan fingerprint density at radius 1 is 1.32 bits per heavy atom. The first kappa shape index (κ1) is 17.8. The molecule has 3 aromatic rings. The number of thiophene rings is 1. The Bertz CT molecular complexity index is 768. The Morgan fingerprint density at radius 3 is 2.80 bits per heavy atom. The van der Waals surface area contributed by atoms with Gasteiger partial charge in [0, 0.05) is 46.6 Å². The number of benzene rings is 1. The van der Waals surface area contributed by atoms with Gasteiger partial charge in [0.25, 0.3) is 0 Å². The molecule has 1 atom stereocenters. The van der Waals surface area contributed by atoms with Gasteiger partial charge in [-0.15, -0.1) is 23.1 Å². The number of aromatic nitrogens is 2. The van der Waals surface area contributed by atoms with Gasteiger partial charge in [0.05, 0.1) is 6.33 Å². The minimum absolute atomic E-state index is 0.0469. The van der Waals surface area contributed by atoms with Gasteiger partial charge < -0.3 is 9.88 Å². The number of carbonyl (C=O) groups is 1. The summed E-state index contributed by atoms with van der Waals surface area (Å²) in [5.41, 5.74) is 0.835. The molecule has 0 aliphatic carbocycles. The Kier molecular flexibility index (Phi) is 6.30. The van der Waals surface area contributed by atoms with E-state index in [-0.39, 0.29) is 5.91 Å². The number of nitrogens with zero attached hydrogens (tertiary/aromatic N) is 2. The van der Waals surface area contributed by atoms with E-state index in [1.165, 1.54) is 16.7 Å². The van der Waals surface area contributed by atoms with Crippen LogP contribution in [0.5, 0.6) is 0 Å². The predicted octanol–water partition coefficient (Wildman–Crippen LogP) is 4.70. The summed E-state index contributed by atoms with van der Waals surface area (Å²) in [7, 11) is 0. The predicted molar refractivity (Wildman–Crippen MR) is 105 cm³/mol. The van der Waals surface area contributed by atoms with Gasteiger partial charge in [-0.25, -0.2) is 4.98 Å². The van der Waals surface area contributed by atoms with E-state index in [0.717, 1.165) is 25.1 Å². The number of aryl methyl sites for hydroxylation is 1. The van der Waals surface area contributed by atoms with Gasteiger partial charge >= 0.3 is 0 Å². The van der Waals surface area contributed by atoms with Gasteiger partial charge in [0.1, 0.15) is 0 Å². The lowest BCUT2D eigenvalue weighted by molar-refractivity contribution is -0.114. The monoisotopic (exact) mass is 371 g/mol. The SMILES string of the molecule is CC(=O)Nc1ccc(SC(CCc2cccs2)Cn2ccnc2)cc1. The van der Waals surface area contributed by atoms with Crippen LogP contribution in [0.3, 0.4) is 0 Å². The van der Waals surface area contributed by atoms with Crippen LogP contribution in [0.1, 0.15) is 18.2 Å². The summed E-state index contributed by atoms with van der Waals surface area (Å²) in [6, 6.07) is 12.4. The third-order valence-electron chi connectivity index (χ3n) is 3.74. The maximum atomic E-state index is 11.1. The zero-order valence-corrected chi connectivity index (χ0v) is 15.7. The minimum Gasteiger partial charge on any atom is -0.336 e. The lowest BCUT2D eigenvalue weighted by Crippen LogP contribution is -2.13. The molecule has 2 heterocycles. The quantitative estimate of drug-likeness (QED) is 0.584. The molecule has 0 aliphatic rings. The number of rotatable bonds is 8. The second kappa shape index (κ2) is 8.87. The first-order valence-electron chi connectivity index (χ1n) is 8.21. The van der Waals surface area contributed by atoms with Crippen molar-refractivity contribution in [3.63, 3.8) is 0 Å². The van der Waals surface area contributed by atoms with Gasteiger partial charge in [0.15, 0.2) is 0 Å². The molecule has 0 bridgehead atoms. The minimum atomic E-state index is -0.0469. The van der Waals surface area contributed by atoms with Crippen LogP contribution >= 0.6 is 23.1 Å². The normalized spacial score (nSPS) is 12.0. The summed E-state index contributed by atoms with van der Waals surface area (Å²) >= 11 is 3.70. The number of hydrogen-bond donors (Lipinski definition) is 1.